The number of rotatable bonds is 9. The molecule has 28 heavy (non-hydrogen) atoms. The molecule has 0 fully saturated rings. The number of aliphatic hydroxyl groups is 4. The van der Waals surface area contributed by atoms with Crippen molar-refractivity contribution >= 4 is 11.6 Å². The summed E-state index contributed by atoms with van der Waals surface area (Å²) in [7, 11) is 0. The highest BCUT2D eigenvalue weighted by molar-refractivity contribution is 6.40. The Bertz CT molecular complexity index is 737. The van der Waals surface area contributed by atoms with Gasteiger partial charge in [0.25, 0.3) is 0 Å². The van der Waals surface area contributed by atoms with Crippen molar-refractivity contribution in [3.05, 3.63) is 71.3 Å². The second kappa shape index (κ2) is 9.61. The number of hydrogen-bond donors (Lipinski definition) is 4. The molecule has 4 atom stereocenters. The second-order valence-electron chi connectivity index (χ2n) is 6.41. The molecule has 4 N–H and O–H groups in total. The van der Waals surface area contributed by atoms with Gasteiger partial charge in [0.15, 0.2) is 0 Å². The molecule has 0 heterocycles. The molecule has 2 unspecified atom stereocenters. The zero-order chi connectivity index (χ0) is 20.8. The van der Waals surface area contributed by atoms with E-state index in [1.54, 1.807) is 0 Å². The SMILES string of the molecule is O=C(C(=O)[C@H](O)C(O)Cc1ccc(F)cc1)[C@@H](O)C(O)Cc1ccc(F)cc1. The molecule has 0 amide bonds. The van der Waals surface area contributed by atoms with Crippen molar-refractivity contribution in [2.24, 2.45) is 0 Å². The normalized spacial score (nSPS) is 15.5. The van der Waals surface area contributed by atoms with Crippen LogP contribution in [0, 0.1) is 11.6 Å². The van der Waals surface area contributed by atoms with Crippen molar-refractivity contribution in [2.45, 2.75) is 37.3 Å². The lowest BCUT2D eigenvalue weighted by Gasteiger charge is -2.20. The highest BCUT2D eigenvalue weighted by Gasteiger charge is 2.36. The van der Waals surface area contributed by atoms with Gasteiger partial charge in [-0.1, -0.05) is 24.3 Å². The van der Waals surface area contributed by atoms with Crippen LogP contribution in [0.1, 0.15) is 11.1 Å². The Hall–Kier alpha value is -2.52. The third kappa shape index (κ3) is 5.74. The van der Waals surface area contributed by atoms with Crippen LogP contribution in [-0.2, 0) is 22.4 Å². The molecule has 0 aliphatic rings. The predicted octanol–water partition coefficient (Wildman–Crippen LogP) is 0.332. The summed E-state index contributed by atoms with van der Waals surface area (Å²) in [5.41, 5.74) is 0.843. The summed E-state index contributed by atoms with van der Waals surface area (Å²) in [6, 6.07) is 9.93. The van der Waals surface area contributed by atoms with Crippen molar-refractivity contribution in [2.75, 3.05) is 0 Å². The van der Waals surface area contributed by atoms with E-state index in [9.17, 15) is 38.8 Å². The molecular formula is C20H20F2O6. The number of benzene rings is 2. The van der Waals surface area contributed by atoms with E-state index in [2.05, 4.69) is 0 Å². The van der Waals surface area contributed by atoms with Crippen molar-refractivity contribution in [3.63, 3.8) is 0 Å². The Morgan fingerprint density at radius 2 is 0.929 bits per heavy atom. The molecule has 0 saturated carbocycles. The largest absolute Gasteiger partial charge is 0.390 e. The molecule has 0 spiro atoms. The lowest BCUT2D eigenvalue weighted by molar-refractivity contribution is -0.152. The van der Waals surface area contributed by atoms with Gasteiger partial charge in [0.2, 0.25) is 11.6 Å². The number of Topliss-reactive ketones (excluding diaryl/α,β-unsaturated/α-hetero) is 2. The molecule has 8 heteroatoms. The topological polar surface area (TPSA) is 115 Å². The van der Waals surface area contributed by atoms with Gasteiger partial charge in [-0.05, 0) is 35.4 Å². The van der Waals surface area contributed by atoms with E-state index in [0.717, 1.165) is 24.3 Å². The minimum absolute atomic E-state index is 0.227. The van der Waals surface area contributed by atoms with E-state index in [1.165, 1.54) is 24.3 Å². The first-order valence-corrected chi connectivity index (χ1v) is 8.48. The first kappa shape index (κ1) is 21.8. The van der Waals surface area contributed by atoms with Gasteiger partial charge in [0.1, 0.15) is 23.8 Å². The third-order valence-corrected chi connectivity index (χ3v) is 4.23. The van der Waals surface area contributed by atoms with Crippen LogP contribution in [0.3, 0.4) is 0 Å². The van der Waals surface area contributed by atoms with Crippen LogP contribution < -0.4 is 0 Å². The maximum absolute atomic E-state index is 12.9. The summed E-state index contributed by atoms with van der Waals surface area (Å²) in [4.78, 5) is 24.1. The lowest BCUT2D eigenvalue weighted by Crippen LogP contribution is -2.47. The van der Waals surface area contributed by atoms with Gasteiger partial charge >= 0.3 is 0 Å². The van der Waals surface area contributed by atoms with Crippen LogP contribution in [0.5, 0.6) is 0 Å². The summed E-state index contributed by atoms with van der Waals surface area (Å²) < 4.78 is 25.8. The lowest BCUT2D eigenvalue weighted by atomic mass is 9.94. The molecule has 0 saturated heterocycles. The van der Waals surface area contributed by atoms with E-state index in [4.69, 9.17) is 0 Å². The summed E-state index contributed by atoms with van der Waals surface area (Å²) in [6.07, 6.45) is -8.02. The van der Waals surface area contributed by atoms with Gasteiger partial charge in [-0.2, -0.15) is 0 Å². The van der Waals surface area contributed by atoms with Crippen LogP contribution in [0.2, 0.25) is 0 Å². The fourth-order valence-electron chi connectivity index (χ4n) is 2.59. The summed E-state index contributed by atoms with van der Waals surface area (Å²) in [5, 5.41) is 39.7. The third-order valence-electron chi connectivity index (χ3n) is 4.23. The zero-order valence-corrected chi connectivity index (χ0v) is 14.7. The molecule has 0 aliphatic heterocycles. The van der Waals surface area contributed by atoms with E-state index < -0.39 is 47.6 Å². The second-order valence-corrected chi connectivity index (χ2v) is 6.41. The standard InChI is InChI=1S/C20H20F2O6/c21-13-5-1-11(2-6-13)9-15(23)17(25)19(27)20(28)18(26)16(24)10-12-3-7-14(22)8-4-12/h1-8,15-18,23-26H,9-10H2/t15?,16?,17-,18+. The smallest absolute Gasteiger partial charge is 0.232 e. The Balaban J connectivity index is 1.95. The van der Waals surface area contributed by atoms with Crippen LogP contribution in [-0.4, -0.2) is 56.4 Å². The molecular weight excluding hydrogens is 374 g/mol. The number of aliphatic hydroxyl groups excluding tert-OH is 4. The summed E-state index contributed by atoms with van der Waals surface area (Å²) >= 11 is 0. The fourth-order valence-corrected chi connectivity index (χ4v) is 2.59. The van der Waals surface area contributed by atoms with Gasteiger partial charge in [-0.25, -0.2) is 8.78 Å². The number of halogens is 2. The molecule has 2 aromatic rings. The molecule has 0 radical (unpaired) electrons. The molecule has 0 aromatic heterocycles. The minimum atomic E-state index is -2.12. The van der Waals surface area contributed by atoms with Gasteiger partial charge in [0, 0.05) is 12.8 Å². The predicted molar refractivity (Wildman–Crippen MR) is 94.2 cm³/mol. The Labute approximate surface area is 159 Å². The summed E-state index contributed by atoms with van der Waals surface area (Å²) in [5.74, 6) is -3.91. The van der Waals surface area contributed by atoms with Gasteiger partial charge < -0.3 is 20.4 Å². The first-order chi connectivity index (χ1) is 13.2. The quantitative estimate of drug-likeness (QED) is 0.456. The molecule has 0 bridgehead atoms. The number of carbonyl (C=O) groups excluding carboxylic acids is 2. The van der Waals surface area contributed by atoms with Gasteiger partial charge in [-0.3, -0.25) is 9.59 Å². The highest BCUT2D eigenvalue weighted by Crippen LogP contribution is 2.12. The number of carbonyl (C=O) groups is 2. The van der Waals surface area contributed by atoms with E-state index in [-0.39, 0.29) is 12.8 Å². The van der Waals surface area contributed by atoms with Crippen LogP contribution in [0.15, 0.2) is 48.5 Å². The fraction of sp³-hybridized carbons (Fsp3) is 0.300. The van der Waals surface area contributed by atoms with Crippen LogP contribution >= 0.6 is 0 Å². The van der Waals surface area contributed by atoms with E-state index >= 15 is 0 Å². The minimum Gasteiger partial charge on any atom is -0.390 e. The number of hydrogen-bond acceptors (Lipinski definition) is 6. The van der Waals surface area contributed by atoms with Crippen molar-refractivity contribution in [1.82, 2.24) is 0 Å². The Morgan fingerprint density at radius 3 is 1.21 bits per heavy atom. The molecule has 6 nitrogen and oxygen atoms in total. The maximum atomic E-state index is 12.9. The molecule has 150 valence electrons. The molecule has 0 aliphatic carbocycles. The van der Waals surface area contributed by atoms with Gasteiger partial charge in [-0.15, -0.1) is 0 Å². The van der Waals surface area contributed by atoms with Crippen LogP contribution in [0.4, 0.5) is 8.78 Å². The summed E-state index contributed by atoms with van der Waals surface area (Å²) in [6.45, 7) is 0. The van der Waals surface area contributed by atoms with Gasteiger partial charge in [0.05, 0.1) is 12.2 Å². The van der Waals surface area contributed by atoms with Crippen molar-refractivity contribution in [1.29, 1.82) is 0 Å². The maximum Gasteiger partial charge on any atom is 0.232 e. The van der Waals surface area contributed by atoms with Crippen molar-refractivity contribution < 1.29 is 38.8 Å². The van der Waals surface area contributed by atoms with E-state index in [0.29, 0.717) is 11.1 Å². The number of ketones is 2. The van der Waals surface area contributed by atoms with E-state index in [1.807, 2.05) is 0 Å². The Morgan fingerprint density at radius 1 is 0.643 bits per heavy atom. The first-order valence-electron chi connectivity index (χ1n) is 8.48. The zero-order valence-electron chi connectivity index (χ0n) is 14.7. The monoisotopic (exact) mass is 394 g/mol. The molecule has 2 rings (SSSR count). The Kier molecular flexibility index (Phi) is 7.47. The average molecular weight is 394 g/mol. The van der Waals surface area contributed by atoms with Crippen LogP contribution in [0.25, 0.3) is 0 Å². The van der Waals surface area contributed by atoms with Crippen molar-refractivity contribution in [3.8, 4) is 0 Å². The molecule has 2 aromatic carbocycles. The average Bonchev–Trinajstić information content (AvgIpc) is 2.69. The highest BCUT2D eigenvalue weighted by atomic mass is 19.1.